The molecule has 3 aliphatic heterocycles. The molecule has 0 amide bonds. The van der Waals surface area contributed by atoms with Crippen LogP contribution in [0.25, 0.3) is 44.5 Å². The van der Waals surface area contributed by atoms with Crippen molar-refractivity contribution in [1.82, 2.24) is 0 Å². The van der Waals surface area contributed by atoms with Crippen LogP contribution >= 0.6 is 0 Å². The van der Waals surface area contributed by atoms with Crippen molar-refractivity contribution in [3.05, 3.63) is 191 Å². The van der Waals surface area contributed by atoms with E-state index in [4.69, 9.17) is 4.74 Å². The Balaban J connectivity index is 1.10. The Labute approximate surface area is 343 Å². The molecule has 3 heteroatoms. The summed E-state index contributed by atoms with van der Waals surface area (Å²) in [5, 5.41) is 0. The third-order valence-electron chi connectivity index (χ3n) is 13.7. The van der Waals surface area contributed by atoms with Gasteiger partial charge in [0.25, 0.3) is 0 Å². The topological polar surface area (TPSA) is 9.23 Å². The first kappa shape index (κ1) is 34.9. The largest absolute Gasteiger partial charge is 0.457 e. The average Bonchev–Trinajstić information content (AvgIpc) is 3.45. The highest BCUT2D eigenvalue weighted by atomic mass is 16.5. The SMILES string of the molecule is Cc1cccc2c1B(c1ccc3c(c1)C(C)(C)c1cc(B4c5c(C)cccc5-c5ccccc5-c5cccc(C)c54)ccc1O3)c1c(C)cccc1-c1ccccc1-2. The maximum atomic E-state index is 6.92. The normalized spacial score (nSPS) is 13.9. The van der Waals surface area contributed by atoms with Gasteiger partial charge < -0.3 is 4.74 Å². The molecule has 0 atom stereocenters. The average molecular weight is 743 g/mol. The van der Waals surface area contributed by atoms with Gasteiger partial charge >= 0.3 is 0 Å². The molecule has 3 aliphatic rings. The van der Waals surface area contributed by atoms with Crippen molar-refractivity contribution >= 4 is 46.2 Å². The Morgan fingerprint density at radius 3 is 0.948 bits per heavy atom. The lowest BCUT2D eigenvalue weighted by Crippen LogP contribution is -2.55. The van der Waals surface area contributed by atoms with Crippen molar-refractivity contribution in [2.45, 2.75) is 47.0 Å². The quantitative estimate of drug-likeness (QED) is 0.161. The van der Waals surface area contributed by atoms with Crippen LogP contribution in [0.1, 0.15) is 47.2 Å². The first-order valence-corrected chi connectivity index (χ1v) is 20.7. The molecular weight excluding hydrogens is 698 g/mol. The highest BCUT2D eigenvalue weighted by molar-refractivity contribution is 6.98. The van der Waals surface area contributed by atoms with Crippen molar-refractivity contribution in [3.63, 3.8) is 0 Å². The van der Waals surface area contributed by atoms with E-state index in [1.54, 1.807) is 0 Å². The summed E-state index contributed by atoms with van der Waals surface area (Å²) in [7, 11) is 0. The first-order chi connectivity index (χ1) is 28.2. The van der Waals surface area contributed by atoms with Crippen LogP contribution in [0.2, 0.25) is 0 Å². The molecule has 276 valence electrons. The van der Waals surface area contributed by atoms with Gasteiger partial charge in [0.05, 0.1) is 0 Å². The molecule has 0 N–H and O–H groups in total. The van der Waals surface area contributed by atoms with E-state index in [0.717, 1.165) is 11.5 Å². The Kier molecular flexibility index (Phi) is 7.73. The van der Waals surface area contributed by atoms with Crippen molar-refractivity contribution < 1.29 is 4.74 Å². The second kappa shape index (κ2) is 12.9. The maximum absolute atomic E-state index is 6.92. The maximum Gasteiger partial charge on any atom is 0.243 e. The molecule has 0 aromatic heterocycles. The van der Waals surface area contributed by atoms with Gasteiger partial charge in [-0.1, -0.05) is 214 Å². The second-order valence-corrected chi connectivity index (χ2v) is 17.3. The molecule has 3 heterocycles. The first-order valence-electron chi connectivity index (χ1n) is 20.7. The van der Waals surface area contributed by atoms with Gasteiger partial charge in [0.1, 0.15) is 11.5 Å². The fourth-order valence-electron chi connectivity index (χ4n) is 10.9. The molecular formula is C55H44B2O. The lowest BCUT2D eigenvalue weighted by molar-refractivity contribution is 0.418. The summed E-state index contributed by atoms with van der Waals surface area (Å²) in [5.41, 5.74) is 26.0. The van der Waals surface area contributed by atoms with E-state index in [0.29, 0.717) is 0 Å². The molecule has 0 aliphatic carbocycles. The molecule has 0 spiro atoms. The molecule has 0 radical (unpaired) electrons. The standard InChI is InChI=1S/C55H44B2O/c1-33-15-11-23-43-39-19-7-8-20-40(39)44-24-12-16-34(2)52(44)56(51(33)43)37-27-29-49-47(31-37)55(5,6)48-32-38(28-30-50(48)58-49)57-53-35(3)17-13-25-45(53)41-21-9-10-22-42(41)46-26-14-18-36(4)54(46)57/h7-32H,1-6H3. The summed E-state index contributed by atoms with van der Waals surface area (Å²) >= 11 is 0. The summed E-state index contributed by atoms with van der Waals surface area (Å²) in [4.78, 5) is 0. The van der Waals surface area contributed by atoms with Gasteiger partial charge in [-0.3, -0.25) is 0 Å². The molecule has 0 bridgehead atoms. The number of aryl methyl sites for hydroxylation is 4. The van der Waals surface area contributed by atoms with Crippen molar-refractivity contribution in [3.8, 4) is 56.0 Å². The predicted molar refractivity (Wildman–Crippen MR) is 248 cm³/mol. The van der Waals surface area contributed by atoms with Gasteiger partial charge in [-0.05, 0) is 84.3 Å². The zero-order valence-corrected chi connectivity index (χ0v) is 34.1. The van der Waals surface area contributed by atoms with E-state index in [1.807, 2.05) is 0 Å². The Morgan fingerprint density at radius 2 is 0.638 bits per heavy atom. The molecule has 58 heavy (non-hydrogen) atoms. The van der Waals surface area contributed by atoms with Crippen LogP contribution in [0.4, 0.5) is 0 Å². The molecule has 11 rings (SSSR count). The predicted octanol–water partition coefficient (Wildman–Crippen LogP) is 9.68. The van der Waals surface area contributed by atoms with E-state index >= 15 is 0 Å². The Morgan fingerprint density at radius 1 is 0.345 bits per heavy atom. The van der Waals surface area contributed by atoms with Crippen molar-refractivity contribution in [2.75, 3.05) is 0 Å². The fourth-order valence-corrected chi connectivity index (χ4v) is 10.9. The number of hydrogen-bond donors (Lipinski definition) is 0. The molecule has 8 aromatic carbocycles. The van der Waals surface area contributed by atoms with Gasteiger partial charge in [-0.2, -0.15) is 0 Å². The van der Waals surface area contributed by atoms with Crippen LogP contribution in [0.3, 0.4) is 0 Å². The summed E-state index contributed by atoms with van der Waals surface area (Å²) < 4.78 is 6.92. The second-order valence-electron chi connectivity index (χ2n) is 17.3. The van der Waals surface area contributed by atoms with Gasteiger partial charge in [0.2, 0.25) is 13.4 Å². The fraction of sp³-hybridized carbons (Fsp3) is 0.127. The van der Waals surface area contributed by atoms with Crippen LogP contribution in [0, 0.1) is 27.7 Å². The lowest BCUT2D eigenvalue weighted by Gasteiger charge is -2.36. The van der Waals surface area contributed by atoms with Gasteiger partial charge in [0.15, 0.2) is 0 Å². The molecule has 0 saturated heterocycles. The highest BCUT2D eigenvalue weighted by Gasteiger charge is 2.40. The zero-order chi connectivity index (χ0) is 39.4. The molecule has 8 aromatic rings. The number of hydrogen-bond acceptors (Lipinski definition) is 1. The van der Waals surface area contributed by atoms with Crippen LogP contribution in [-0.4, -0.2) is 13.4 Å². The van der Waals surface area contributed by atoms with Crippen LogP contribution in [-0.2, 0) is 5.41 Å². The van der Waals surface area contributed by atoms with E-state index in [2.05, 4.69) is 199 Å². The van der Waals surface area contributed by atoms with E-state index in [-0.39, 0.29) is 18.8 Å². The van der Waals surface area contributed by atoms with Crippen LogP contribution < -0.4 is 37.5 Å². The lowest BCUT2D eigenvalue weighted by atomic mass is 9.34. The number of benzene rings is 8. The van der Waals surface area contributed by atoms with Crippen LogP contribution in [0.15, 0.2) is 158 Å². The smallest absolute Gasteiger partial charge is 0.243 e. The minimum Gasteiger partial charge on any atom is -0.457 e. The van der Waals surface area contributed by atoms with Gasteiger partial charge in [-0.15, -0.1) is 0 Å². The van der Waals surface area contributed by atoms with Crippen molar-refractivity contribution in [2.24, 2.45) is 0 Å². The molecule has 1 nitrogen and oxygen atoms in total. The molecule has 0 unspecified atom stereocenters. The van der Waals surface area contributed by atoms with Gasteiger partial charge in [0, 0.05) is 16.5 Å². The van der Waals surface area contributed by atoms with Crippen molar-refractivity contribution in [1.29, 1.82) is 0 Å². The van der Waals surface area contributed by atoms with E-state index in [9.17, 15) is 0 Å². The molecule has 0 fully saturated rings. The Bertz CT molecular complexity index is 2680. The summed E-state index contributed by atoms with van der Waals surface area (Å²) in [5.74, 6) is 1.88. The highest BCUT2D eigenvalue weighted by Crippen LogP contribution is 2.47. The molecule has 0 saturated carbocycles. The number of fused-ring (bicyclic) bond motifs is 12. The Hall–Kier alpha value is -6.31. The zero-order valence-electron chi connectivity index (χ0n) is 34.1. The minimum atomic E-state index is -0.331. The minimum absolute atomic E-state index is 0.0557. The monoisotopic (exact) mass is 742 g/mol. The summed E-state index contributed by atoms with van der Waals surface area (Å²) in [6, 6.07) is 59.3. The third-order valence-corrected chi connectivity index (χ3v) is 13.7. The number of rotatable bonds is 2. The van der Waals surface area contributed by atoms with E-state index < -0.39 is 0 Å². The summed E-state index contributed by atoms with van der Waals surface area (Å²) in [6.45, 7) is 14.0. The van der Waals surface area contributed by atoms with Gasteiger partial charge in [-0.25, -0.2) is 0 Å². The third kappa shape index (κ3) is 4.99. The summed E-state index contributed by atoms with van der Waals surface area (Å²) in [6.07, 6.45) is 0. The van der Waals surface area contributed by atoms with E-state index in [1.165, 1.54) is 111 Å². The van der Waals surface area contributed by atoms with Crippen LogP contribution in [0.5, 0.6) is 11.5 Å². The number of ether oxygens (including phenoxy) is 1.